The van der Waals surface area contributed by atoms with E-state index in [1.807, 2.05) is 18.7 Å². The van der Waals surface area contributed by atoms with Crippen LogP contribution in [-0.2, 0) is 0 Å². The molecule has 1 aliphatic rings. The average molecular weight is 276 g/mol. The number of aromatic carboxylic acids is 1. The highest BCUT2D eigenvalue weighted by atomic mass is 32.2. The number of fused-ring (bicyclic) bond motifs is 1. The zero-order valence-corrected chi connectivity index (χ0v) is 11.6. The van der Waals surface area contributed by atoms with Gasteiger partial charge in [-0.15, -0.1) is 0 Å². The van der Waals surface area contributed by atoms with Crippen LogP contribution in [0.3, 0.4) is 0 Å². The van der Waals surface area contributed by atoms with Crippen LogP contribution in [0.15, 0.2) is 18.2 Å². The SMILES string of the molecule is Cc1nc2ccc(C(=O)O)cc2n1C1CCCSC1. The summed E-state index contributed by atoms with van der Waals surface area (Å²) in [5.74, 6) is 2.40. The minimum absolute atomic E-state index is 0.331. The molecule has 0 radical (unpaired) electrons. The van der Waals surface area contributed by atoms with E-state index in [-0.39, 0.29) is 0 Å². The first-order valence-corrected chi connectivity index (χ1v) is 7.62. The molecule has 1 aromatic carbocycles. The van der Waals surface area contributed by atoms with Crippen molar-refractivity contribution in [3.8, 4) is 0 Å². The van der Waals surface area contributed by atoms with Crippen LogP contribution in [0.1, 0.15) is 35.1 Å². The summed E-state index contributed by atoms with van der Waals surface area (Å²) in [7, 11) is 0. The molecule has 1 fully saturated rings. The second-order valence-electron chi connectivity index (χ2n) is 4.91. The summed E-state index contributed by atoms with van der Waals surface area (Å²) in [6, 6.07) is 5.61. The van der Waals surface area contributed by atoms with E-state index in [9.17, 15) is 4.79 Å². The number of nitrogens with zero attached hydrogens (tertiary/aromatic N) is 2. The molecule has 1 N–H and O–H groups in total. The lowest BCUT2D eigenvalue weighted by Crippen LogP contribution is -2.17. The average Bonchev–Trinajstić information content (AvgIpc) is 2.74. The Morgan fingerprint density at radius 2 is 2.37 bits per heavy atom. The molecule has 0 saturated carbocycles. The zero-order valence-electron chi connectivity index (χ0n) is 10.8. The summed E-state index contributed by atoms with van der Waals surface area (Å²) < 4.78 is 2.22. The van der Waals surface area contributed by atoms with Crippen molar-refractivity contribution < 1.29 is 9.90 Å². The smallest absolute Gasteiger partial charge is 0.335 e. The van der Waals surface area contributed by atoms with E-state index in [0.717, 1.165) is 29.0 Å². The number of carboxylic acids is 1. The number of thioether (sulfide) groups is 1. The van der Waals surface area contributed by atoms with Gasteiger partial charge in [-0.25, -0.2) is 9.78 Å². The van der Waals surface area contributed by atoms with E-state index in [1.165, 1.54) is 12.2 Å². The molecule has 0 aliphatic carbocycles. The van der Waals surface area contributed by atoms with Crippen LogP contribution in [-0.4, -0.2) is 32.1 Å². The van der Waals surface area contributed by atoms with Crippen molar-refractivity contribution in [2.45, 2.75) is 25.8 Å². The molecule has 0 bridgehead atoms. The molecule has 5 heteroatoms. The van der Waals surface area contributed by atoms with Crippen molar-refractivity contribution in [3.05, 3.63) is 29.6 Å². The number of benzene rings is 1. The van der Waals surface area contributed by atoms with Crippen molar-refractivity contribution in [1.29, 1.82) is 0 Å². The number of carboxylic acid groups (broad SMARTS) is 1. The lowest BCUT2D eigenvalue weighted by Gasteiger charge is -2.24. The third-order valence-corrected chi connectivity index (χ3v) is 4.81. The molecule has 1 unspecified atom stereocenters. The Morgan fingerprint density at radius 1 is 1.53 bits per heavy atom. The van der Waals surface area contributed by atoms with Crippen molar-refractivity contribution >= 4 is 28.8 Å². The van der Waals surface area contributed by atoms with Gasteiger partial charge >= 0.3 is 5.97 Å². The maximum atomic E-state index is 11.1. The second kappa shape index (κ2) is 4.89. The highest BCUT2D eigenvalue weighted by Crippen LogP contribution is 2.31. The van der Waals surface area contributed by atoms with Crippen LogP contribution >= 0.6 is 11.8 Å². The van der Waals surface area contributed by atoms with Crippen molar-refractivity contribution in [2.75, 3.05) is 11.5 Å². The Hall–Kier alpha value is -1.49. The van der Waals surface area contributed by atoms with Gasteiger partial charge in [-0.2, -0.15) is 11.8 Å². The molecule has 1 aromatic heterocycles. The minimum atomic E-state index is -0.884. The van der Waals surface area contributed by atoms with Crippen LogP contribution in [0.25, 0.3) is 11.0 Å². The van der Waals surface area contributed by atoms with Gasteiger partial charge in [-0.1, -0.05) is 0 Å². The Labute approximate surface area is 115 Å². The van der Waals surface area contributed by atoms with Crippen LogP contribution in [0.5, 0.6) is 0 Å². The topological polar surface area (TPSA) is 55.1 Å². The Bertz CT molecular complexity index is 630. The molecular weight excluding hydrogens is 260 g/mol. The number of hydrogen-bond donors (Lipinski definition) is 1. The van der Waals surface area contributed by atoms with Crippen molar-refractivity contribution in [1.82, 2.24) is 9.55 Å². The van der Waals surface area contributed by atoms with E-state index >= 15 is 0 Å². The van der Waals surface area contributed by atoms with E-state index in [2.05, 4.69) is 9.55 Å². The van der Waals surface area contributed by atoms with E-state index in [1.54, 1.807) is 18.2 Å². The summed E-state index contributed by atoms with van der Waals surface area (Å²) in [6.45, 7) is 2.00. The molecule has 1 atom stereocenters. The number of rotatable bonds is 2. The first-order valence-electron chi connectivity index (χ1n) is 6.46. The van der Waals surface area contributed by atoms with E-state index in [0.29, 0.717) is 11.6 Å². The summed E-state index contributed by atoms with van der Waals surface area (Å²) in [6.07, 6.45) is 2.36. The molecule has 0 amide bonds. The summed E-state index contributed by atoms with van der Waals surface area (Å²) in [5, 5.41) is 9.12. The third-order valence-electron chi connectivity index (χ3n) is 3.61. The summed E-state index contributed by atoms with van der Waals surface area (Å²) in [5.41, 5.74) is 2.17. The van der Waals surface area contributed by atoms with Gasteiger partial charge in [0.1, 0.15) is 5.82 Å². The van der Waals surface area contributed by atoms with Crippen LogP contribution in [0.4, 0.5) is 0 Å². The lowest BCUT2D eigenvalue weighted by molar-refractivity contribution is 0.0697. The molecule has 2 aromatic rings. The van der Waals surface area contributed by atoms with Gasteiger partial charge in [0.2, 0.25) is 0 Å². The van der Waals surface area contributed by atoms with Gasteiger partial charge in [-0.3, -0.25) is 0 Å². The quantitative estimate of drug-likeness (QED) is 0.915. The van der Waals surface area contributed by atoms with Crippen molar-refractivity contribution in [2.24, 2.45) is 0 Å². The molecular formula is C14H16N2O2S. The summed E-state index contributed by atoms with van der Waals surface area (Å²) >= 11 is 1.96. The predicted molar refractivity (Wildman–Crippen MR) is 77.0 cm³/mol. The van der Waals surface area contributed by atoms with Gasteiger partial charge in [-0.05, 0) is 43.7 Å². The fourth-order valence-corrected chi connectivity index (χ4v) is 3.86. The largest absolute Gasteiger partial charge is 0.478 e. The second-order valence-corrected chi connectivity index (χ2v) is 6.06. The highest BCUT2D eigenvalue weighted by molar-refractivity contribution is 7.99. The number of hydrogen-bond acceptors (Lipinski definition) is 3. The molecule has 1 saturated heterocycles. The van der Waals surface area contributed by atoms with Gasteiger partial charge in [0.25, 0.3) is 0 Å². The van der Waals surface area contributed by atoms with Gasteiger partial charge in [0.05, 0.1) is 16.6 Å². The standard InChI is InChI=1S/C14H16N2O2S/c1-9-15-12-5-4-10(14(17)18)7-13(12)16(9)11-3-2-6-19-8-11/h4-5,7,11H,2-3,6,8H2,1H3,(H,17,18). The molecule has 0 spiro atoms. The Morgan fingerprint density at radius 3 is 3.05 bits per heavy atom. The number of carbonyl (C=O) groups is 1. The van der Waals surface area contributed by atoms with E-state index < -0.39 is 5.97 Å². The van der Waals surface area contributed by atoms with Crippen molar-refractivity contribution in [3.63, 3.8) is 0 Å². The fourth-order valence-electron chi connectivity index (χ4n) is 2.73. The number of aromatic nitrogens is 2. The van der Waals surface area contributed by atoms with E-state index in [4.69, 9.17) is 5.11 Å². The summed E-state index contributed by atoms with van der Waals surface area (Å²) in [4.78, 5) is 15.7. The molecule has 100 valence electrons. The van der Waals surface area contributed by atoms with Gasteiger partial charge in [0, 0.05) is 11.8 Å². The maximum Gasteiger partial charge on any atom is 0.335 e. The molecule has 4 nitrogen and oxygen atoms in total. The molecule has 3 rings (SSSR count). The molecule has 1 aliphatic heterocycles. The maximum absolute atomic E-state index is 11.1. The van der Waals surface area contributed by atoms with Crippen LogP contribution < -0.4 is 0 Å². The normalized spacial score (nSPS) is 19.7. The highest BCUT2D eigenvalue weighted by Gasteiger charge is 2.20. The Kier molecular flexibility index (Phi) is 3.22. The predicted octanol–water partition coefficient (Wildman–Crippen LogP) is 3.11. The zero-order chi connectivity index (χ0) is 13.4. The number of imidazole rings is 1. The first-order chi connectivity index (χ1) is 9.16. The fraction of sp³-hybridized carbons (Fsp3) is 0.429. The molecule has 2 heterocycles. The number of aryl methyl sites for hydroxylation is 1. The lowest BCUT2D eigenvalue weighted by atomic mass is 10.1. The Balaban J connectivity index is 2.13. The van der Waals surface area contributed by atoms with Gasteiger partial charge in [0.15, 0.2) is 0 Å². The monoisotopic (exact) mass is 276 g/mol. The molecule has 19 heavy (non-hydrogen) atoms. The minimum Gasteiger partial charge on any atom is -0.478 e. The third kappa shape index (κ3) is 2.23. The van der Waals surface area contributed by atoms with Gasteiger partial charge < -0.3 is 9.67 Å². The van der Waals surface area contributed by atoms with Crippen LogP contribution in [0.2, 0.25) is 0 Å². The van der Waals surface area contributed by atoms with Crippen LogP contribution in [0, 0.1) is 6.92 Å². The first kappa shape index (κ1) is 12.5.